The lowest BCUT2D eigenvalue weighted by atomic mass is 9.88. The van der Waals surface area contributed by atoms with Crippen molar-refractivity contribution in [1.29, 1.82) is 0 Å². The minimum atomic E-state index is -0.750. The van der Waals surface area contributed by atoms with Crippen LogP contribution in [-0.2, 0) is 20.9 Å². The third kappa shape index (κ3) is 5.91. The summed E-state index contributed by atoms with van der Waals surface area (Å²) in [5, 5.41) is 11.9. The van der Waals surface area contributed by atoms with Crippen molar-refractivity contribution in [1.82, 2.24) is 10.8 Å². The first-order valence-electron chi connectivity index (χ1n) is 9.52. The summed E-state index contributed by atoms with van der Waals surface area (Å²) >= 11 is 0. The van der Waals surface area contributed by atoms with Crippen LogP contribution in [0.3, 0.4) is 0 Å². The van der Waals surface area contributed by atoms with Crippen LogP contribution in [0.25, 0.3) is 6.08 Å². The van der Waals surface area contributed by atoms with Gasteiger partial charge in [0.15, 0.2) is 0 Å². The molecule has 1 amide bonds. The fraction of sp³-hybridized carbons (Fsp3) is 0.524. The molecule has 0 spiro atoms. The number of hydroxylamine groups is 1. The van der Waals surface area contributed by atoms with Crippen molar-refractivity contribution in [2.45, 2.75) is 64.6 Å². The highest BCUT2D eigenvalue weighted by atomic mass is 16.5. The smallest absolute Gasteiger partial charge is 0.326 e. The van der Waals surface area contributed by atoms with Crippen LogP contribution in [0.15, 0.2) is 30.3 Å². The number of benzene rings is 1. The zero-order chi connectivity index (χ0) is 19.9. The van der Waals surface area contributed by atoms with E-state index in [-0.39, 0.29) is 18.0 Å². The minimum absolute atomic E-state index is 0.0552. The van der Waals surface area contributed by atoms with Crippen LogP contribution in [0.4, 0.5) is 0 Å². The van der Waals surface area contributed by atoms with Crippen molar-refractivity contribution >= 4 is 18.0 Å². The highest BCUT2D eigenvalue weighted by Gasteiger charge is 2.39. The van der Waals surface area contributed by atoms with Crippen LogP contribution >= 0.6 is 0 Å². The Bertz CT molecular complexity index is 663. The molecule has 1 aromatic carbocycles. The molecule has 0 aliphatic heterocycles. The summed E-state index contributed by atoms with van der Waals surface area (Å²) in [6, 6.07) is 7.63. The van der Waals surface area contributed by atoms with Gasteiger partial charge < -0.3 is 4.74 Å². The van der Waals surface area contributed by atoms with Crippen LogP contribution in [0.2, 0.25) is 0 Å². The van der Waals surface area contributed by atoms with Gasteiger partial charge >= 0.3 is 5.97 Å². The lowest BCUT2D eigenvalue weighted by Crippen LogP contribution is -2.54. The summed E-state index contributed by atoms with van der Waals surface area (Å²) in [4.78, 5) is 23.8. The molecule has 6 nitrogen and oxygen atoms in total. The van der Waals surface area contributed by atoms with Gasteiger partial charge in [0.25, 0.3) is 5.91 Å². The quantitative estimate of drug-likeness (QED) is 0.281. The molecule has 0 heterocycles. The number of esters is 1. The summed E-state index contributed by atoms with van der Waals surface area (Å²) in [6.45, 7) is 6.47. The van der Waals surface area contributed by atoms with Crippen LogP contribution < -0.4 is 10.8 Å². The Morgan fingerprint density at radius 1 is 1.26 bits per heavy atom. The van der Waals surface area contributed by atoms with Gasteiger partial charge in [0.1, 0.15) is 11.6 Å². The van der Waals surface area contributed by atoms with Crippen molar-refractivity contribution in [3.8, 4) is 0 Å². The van der Waals surface area contributed by atoms with Crippen molar-refractivity contribution in [2.75, 3.05) is 0 Å². The molecule has 0 saturated heterocycles. The molecule has 27 heavy (non-hydrogen) atoms. The van der Waals surface area contributed by atoms with Crippen molar-refractivity contribution in [3.63, 3.8) is 0 Å². The summed E-state index contributed by atoms with van der Waals surface area (Å²) in [7, 11) is 0. The largest absolute Gasteiger partial charge is 0.461 e. The topological polar surface area (TPSA) is 87.7 Å². The number of ether oxygens (including phenoxy) is 1. The van der Waals surface area contributed by atoms with Gasteiger partial charge in [-0.3, -0.25) is 20.1 Å². The molecule has 0 unspecified atom stereocenters. The summed E-state index contributed by atoms with van der Waals surface area (Å²) < 4.78 is 5.74. The molecule has 3 N–H and O–H groups in total. The number of hydrogen-bond donors (Lipinski definition) is 3. The average Bonchev–Trinajstić information content (AvgIpc) is 3.17. The lowest BCUT2D eigenvalue weighted by molar-refractivity contribution is -0.158. The maximum atomic E-state index is 12.8. The number of rotatable bonds is 8. The lowest BCUT2D eigenvalue weighted by Gasteiger charge is -2.33. The van der Waals surface area contributed by atoms with E-state index in [2.05, 4.69) is 5.32 Å². The van der Waals surface area contributed by atoms with E-state index in [0.717, 1.165) is 36.8 Å². The normalized spacial score (nSPS) is 17.2. The predicted octanol–water partition coefficient (Wildman–Crippen LogP) is 3.20. The Morgan fingerprint density at radius 2 is 1.89 bits per heavy atom. The molecule has 0 radical (unpaired) electrons. The standard InChI is InChI=1S/C21H30N2O4/c1-15(2)21(3,20(25)27-18-6-4-5-7-18)22-14-17-10-8-16(9-11-17)12-13-19(24)23-26/h8-13,15,18,22,26H,4-7,14H2,1-3H3,(H,23,24)/b13-12+/t21-/m1/s1. The molecule has 148 valence electrons. The molecular formula is C21H30N2O4. The van der Waals surface area contributed by atoms with Gasteiger partial charge in [-0.2, -0.15) is 0 Å². The second-order valence-electron chi connectivity index (χ2n) is 7.57. The predicted molar refractivity (Wildman–Crippen MR) is 104 cm³/mol. The van der Waals surface area contributed by atoms with Gasteiger partial charge in [-0.15, -0.1) is 0 Å². The van der Waals surface area contributed by atoms with Crippen LogP contribution in [-0.4, -0.2) is 28.7 Å². The maximum Gasteiger partial charge on any atom is 0.326 e. The zero-order valence-corrected chi connectivity index (χ0v) is 16.3. The molecule has 1 aliphatic carbocycles. The molecule has 6 heteroatoms. The van der Waals surface area contributed by atoms with Crippen molar-refractivity contribution < 1.29 is 19.5 Å². The molecule has 1 aliphatic rings. The van der Waals surface area contributed by atoms with E-state index in [1.54, 1.807) is 11.6 Å². The van der Waals surface area contributed by atoms with Crippen molar-refractivity contribution in [3.05, 3.63) is 41.5 Å². The third-order valence-electron chi connectivity index (χ3n) is 5.33. The Hall–Kier alpha value is -2.18. The number of carbonyl (C=O) groups is 2. The fourth-order valence-electron chi connectivity index (χ4n) is 3.03. The van der Waals surface area contributed by atoms with E-state index in [4.69, 9.17) is 9.94 Å². The van der Waals surface area contributed by atoms with Crippen LogP contribution in [0.1, 0.15) is 57.6 Å². The molecule has 1 atom stereocenters. The number of carbonyl (C=O) groups excluding carboxylic acids is 2. The first-order valence-corrected chi connectivity index (χ1v) is 9.52. The monoisotopic (exact) mass is 374 g/mol. The van der Waals surface area contributed by atoms with Crippen LogP contribution in [0, 0.1) is 5.92 Å². The first kappa shape index (κ1) is 21.1. The molecule has 2 rings (SSSR count). The van der Waals surface area contributed by atoms with E-state index in [0.29, 0.717) is 6.54 Å². The Labute approximate surface area is 160 Å². The number of hydrogen-bond acceptors (Lipinski definition) is 5. The van der Waals surface area contributed by atoms with Gasteiger partial charge in [0, 0.05) is 12.6 Å². The molecule has 1 saturated carbocycles. The van der Waals surface area contributed by atoms with Gasteiger partial charge in [0.2, 0.25) is 0 Å². The molecular weight excluding hydrogens is 344 g/mol. The minimum Gasteiger partial charge on any atom is -0.461 e. The Morgan fingerprint density at radius 3 is 2.44 bits per heavy atom. The van der Waals surface area contributed by atoms with Crippen LogP contribution in [0.5, 0.6) is 0 Å². The molecule has 1 aromatic rings. The highest BCUT2D eigenvalue weighted by molar-refractivity contribution is 5.90. The summed E-state index contributed by atoms with van der Waals surface area (Å²) in [5.41, 5.74) is 2.67. The van der Waals surface area contributed by atoms with Gasteiger partial charge in [-0.25, -0.2) is 5.48 Å². The number of amides is 1. The zero-order valence-electron chi connectivity index (χ0n) is 16.3. The maximum absolute atomic E-state index is 12.8. The number of nitrogens with one attached hydrogen (secondary N) is 2. The second-order valence-corrected chi connectivity index (χ2v) is 7.57. The fourth-order valence-corrected chi connectivity index (χ4v) is 3.03. The second kappa shape index (κ2) is 9.67. The van der Waals surface area contributed by atoms with E-state index in [1.165, 1.54) is 6.08 Å². The van der Waals surface area contributed by atoms with Crippen molar-refractivity contribution in [2.24, 2.45) is 5.92 Å². The van der Waals surface area contributed by atoms with E-state index >= 15 is 0 Å². The molecule has 1 fully saturated rings. The molecule has 0 bridgehead atoms. The van der Waals surface area contributed by atoms with E-state index in [9.17, 15) is 9.59 Å². The molecule has 0 aromatic heterocycles. The van der Waals surface area contributed by atoms with E-state index in [1.807, 2.05) is 45.0 Å². The average molecular weight is 374 g/mol. The SMILES string of the molecule is CC(C)[C@@](C)(NCc1ccc(/C=C/C(=O)NO)cc1)C(=O)OC1CCCC1. The summed E-state index contributed by atoms with van der Waals surface area (Å²) in [5.74, 6) is -0.668. The Kier molecular flexibility index (Phi) is 7.56. The van der Waals surface area contributed by atoms with Gasteiger partial charge in [-0.05, 0) is 55.7 Å². The van der Waals surface area contributed by atoms with Gasteiger partial charge in [-0.1, -0.05) is 38.1 Å². The highest BCUT2D eigenvalue weighted by Crippen LogP contribution is 2.26. The Balaban J connectivity index is 1.97. The summed E-state index contributed by atoms with van der Waals surface area (Å²) in [6.07, 6.45) is 7.10. The van der Waals surface area contributed by atoms with E-state index < -0.39 is 11.4 Å². The third-order valence-corrected chi connectivity index (χ3v) is 5.33. The van der Waals surface area contributed by atoms with Gasteiger partial charge in [0.05, 0.1) is 0 Å². The first-order chi connectivity index (χ1) is 12.8.